The molecule has 0 bridgehead atoms. The van der Waals surface area contributed by atoms with Crippen LogP contribution in [0.5, 0.6) is 0 Å². The first-order valence-electron chi connectivity index (χ1n) is 11.3. The second kappa shape index (κ2) is 6.52. The normalized spacial score (nSPS) is 14.3. The van der Waals surface area contributed by atoms with Gasteiger partial charge in [0.25, 0.3) is 0 Å². The van der Waals surface area contributed by atoms with Gasteiger partial charge in [-0.1, -0.05) is 58.0 Å². The van der Waals surface area contributed by atoms with Crippen LogP contribution in [0, 0.1) is 6.92 Å². The molecule has 0 aliphatic heterocycles. The van der Waals surface area contributed by atoms with E-state index in [4.69, 9.17) is 14.4 Å². The number of furan rings is 1. The van der Waals surface area contributed by atoms with E-state index >= 15 is 0 Å². The van der Waals surface area contributed by atoms with E-state index in [2.05, 4.69) is 83.1 Å². The van der Waals surface area contributed by atoms with E-state index in [0.717, 1.165) is 38.9 Å². The van der Waals surface area contributed by atoms with Crippen LogP contribution in [0.1, 0.15) is 55.9 Å². The van der Waals surface area contributed by atoms with Gasteiger partial charge >= 0.3 is 0 Å². The lowest BCUT2D eigenvalue weighted by Gasteiger charge is -2.20. The minimum Gasteiger partial charge on any atom is -0.453 e. The van der Waals surface area contributed by atoms with Gasteiger partial charge in [0.2, 0.25) is 0 Å². The molecule has 3 heteroatoms. The van der Waals surface area contributed by atoms with E-state index in [0.29, 0.717) is 5.92 Å². The molecule has 3 heterocycles. The third-order valence-corrected chi connectivity index (χ3v) is 7.11. The lowest BCUT2D eigenvalue weighted by Crippen LogP contribution is -2.15. The van der Waals surface area contributed by atoms with Crippen molar-refractivity contribution in [2.75, 3.05) is 0 Å². The van der Waals surface area contributed by atoms with Gasteiger partial charge in [-0.15, -0.1) is 0 Å². The lowest BCUT2D eigenvalue weighted by molar-refractivity contribution is 0.650. The van der Waals surface area contributed by atoms with Crippen LogP contribution in [0.2, 0.25) is 0 Å². The predicted molar refractivity (Wildman–Crippen MR) is 131 cm³/mol. The fourth-order valence-electron chi connectivity index (χ4n) is 5.25. The summed E-state index contributed by atoms with van der Waals surface area (Å²) in [5.74, 6) is 0.440. The molecule has 0 fully saturated rings. The minimum absolute atomic E-state index is 0.0992. The predicted octanol–water partition coefficient (Wildman–Crippen LogP) is 7.78. The van der Waals surface area contributed by atoms with Gasteiger partial charge < -0.3 is 4.42 Å². The Bertz CT molecular complexity index is 1540. The van der Waals surface area contributed by atoms with Gasteiger partial charge in [-0.25, -0.2) is 0 Å². The summed E-state index contributed by atoms with van der Waals surface area (Å²) >= 11 is 0. The molecular weight excluding hydrogens is 392 g/mol. The van der Waals surface area contributed by atoms with Crippen LogP contribution in [-0.4, -0.2) is 9.97 Å². The van der Waals surface area contributed by atoms with Crippen LogP contribution in [0.4, 0.5) is 0 Å². The molecule has 3 nitrogen and oxygen atoms in total. The molecule has 0 saturated heterocycles. The Hall–Kier alpha value is -3.46. The Morgan fingerprint density at radius 3 is 2.50 bits per heavy atom. The molecule has 0 radical (unpaired) electrons. The maximum absolute atomic E-state index is 6.71. The summed E-state index contributed by atoms with van der Waals surface area (Å²) in [6.45, 7) is 11.1. The molecule has 0 saturated carbocycles. The lowest BCUT2D eigenvalue weighted by atomic mass is 9.83. The largest absolute Gasteiger partial charge is 0.453 e. The molecule has 3 aromatic heterocycles. The van der Waals surface area contributed by atoms with Crippen LogP contribution in [0.15, 0.2) is 65.3 Å². The van der Waals surface area contributed by atoms with Gasteiger partial charge in [-0.2, -0.15) is 0 Å². The number of aromatic nitrogens is 2. The van der Waals surface area contributed by atoms with E-state index in [1.165, 1.54) is 27.8 Å². The van der Waals surface area contributed by atoms with Gasteiger partial charge in [0, 0.05) is 34.3 Å². The number of hydrogen-bond acceptors (Lipinski definition) is 3. The SMILES string of the molecule is Cc1ccc2c(oc3c4c(cnc32)C(C)(C)c2ccccc2-4)c1-c1cc(C(C)C)ccn1. The zero-order valence-electron chi connectivity index (χ0n) is 19.2. The second-order valence-corrected chi connectivity index (χ2v) is 9.76. The van der Waals surface area contributed by atoms with Gasteiger partial charge in [0.05, 0.1) is 5.69 Å². The smallest absolute Gasteiger partial charge is 0.162 e. The van der Waals surface area contributed by atoms with Crippen molar-refractivity contribution >= 4 is 22.1 Å². The molecular formula is C29H26N2O. The molecule has 2 aromatic carbocycles. The molecule has 0 N–H and O–H groups in total. The van der Waals surface area contributed by atoms with Crippen molar-refractivity contribution in [3.63, 3.8) is 0 Å². The summed E-state index contributed by atoms with van der Waals surface area (Å²) in [5.41, 5.74) is 12.0. The van der Waals surface area contributed by atoms with E-state index < -0.39 is 0 Å². The third kappa shape index (κ3) is 2.48. The summed E-state index contributed by atoms with van der Waals surface area (Å²) in [7, 11) is 0. The van der Waals surface area contributed by atoms with E-state index in [1.807, 2.05) is 12.4 Å². The number of fused-ring (bicyclic) bond motifs is 7. The topological polar surface area (TPSA) is 38.9 Å². The molecule has 1 aliphatic carbocycles. The zero-order chi connectivity index (χ0) is 22.2. The first-order chi connectivity index (χ1) is 15.4. The summed E-state index contributed by atoms with van der Waals surface area (Å²) in [4.78, 5) is 9.64. The summed E-state index contributed by atoms with van der Waals surface area (Å²) in [6.07, 6.45) is 3.95. The second-order valence-electron chi connectivity index (χ2n) is 9.76. The van der Waals surface area contributed by atoms with Crippen molar-refractivity contribution in [2.45, 2.75) is 46.0 Å². The molecule has 0 amide bonds. The van der Waals surface area contributed by atoms with Crippen molar-refractivity contribution in [2.24, 2.45) is 0 Å². The highest BCUT2D eigenvalue weighted by Gasteiger charge is 2.38. The van der Waals surface area contributed by atoms with Crippen LogP contribution < -0.4 is 0 Å². The van der Waals surface area contributed by atoms with Crippen LogP contribution in [0.3, 0.4) is 0 Å². The number of aryl methyl sites for hydroxylation is 1. The number of nitrogens with zero attached hydrogens (tertiary/aromatic N) is 2. The van der Waals surface area contributed by atoms with Crippen molar-refractivity contribution < 1.29 is 4.42 Å². The zero-order valence-corrected chi connectivity index (χ0v) is 19.2. The van der Waals surface area contributed by atoms with Gasteiger partial charge in [-0.05, 0) is 58.9 Å². The van der Waals surface area contributed by atoms with Crippen molar-refractivity contribution in [1.82, 2.24) is 9.97 Å². The summed E-state index contributed by atoms with van der Waals surface area (Å²) < 4.78 is 6.71. The molecule has 1 aliphatic rings. The Kier molecular flexibility index (Phi) is 3.92. The number of rotatable bonds is 2. The van der Waals surface area contributed by atoms with Gasteiger partial charge in [0.1, 0.15) is 11.1 Å². The number of pyridine rings is 2. The Labute approximate surface area is 188 Å². The third-order valence-electron chi connectivity index (χ3n) is 7.11. The molecule has 32 heavy (non-hydrogen) atoms. The summed E-state index contributed by atoms with van der Waals surface area (Å²) in [6, 6.07) is 17.2. The maximum atomic E-state index is 6.71. The number of hydrogen-bond donors (Lipinski definition) is 0. The monoisotopic (exact) mass is 418 g/mol. The Morgan fingerprint density at radius 2 is 1.69 bits per heavy atom. The highest BCUT2D eigenvalue weighted by molar-refractivity contribution is 6.12. The molecule has 0 spiro atoms. The van der Waals surface area contributed by atoms with E-state index in [-0.39, 0.29) is 5.41 Å². The highest BCUT2D eigenvalue weighted by Crippen LogP contribution is 2.52. The number of benzene rings is 2. The van der Waals surface area contributed by atoms with Crippen molar-refractivity contribution in [3.05, 3.63) is 83.2 Å². The standard InChI is InChI=1S/C29H26N2O/c1-16(2)18-12-13-30-23(14-18)24-17(3)10-11-20-26-28(32-27(20)24)25-19-8-6-7-9-21(19)29(4,5)22(25)15-31-26/h6-16H,1-5H3. The average molecular weight is 419 g/mol. The van der Waals surface area contributed by atoms with Crippen LogP contribution in [0.25, 0.3) is 44.5 Å². The van der Waals surface area contributed by atoms with E-state index in [1.54, 1.807) is 0 Å². The van der Waals surface area contributed by atoms with Crippen molar-refractivity contribution in [3.8, 4) is 22.4 Å². The first kappa shape index (κ1) is 19.2. The Balaban J connectivity index is 1.71. The molecule has 6 rings (SSSR count). The fourth-order valence-corrected chi connectivity index (χ4v) is 5.25. The van der Waals surface area contributed by atoms with Crippen molar-refractivity contribution in [1.29, 1.82) is 0 Å². The highest BCUT2D eigenvalue weighted by atomic mass is 16.3. The average Bonchev–Trinajstić information content (AvgIpc) is 3.27. The first-order valence-corrected chi connectivity index (χ1v) is 11.3. The van der Waals surface area contributed by atoms with Gasteiger partial charge in [0.15, 0.2) is 5.58 Å². The molecule has 5 aromatic rings. The minimum atomic E-state index is -0.0992. The summed E-state index contributed by atoms with van der Waals surface area (Å²) in [5, 5.41) is 1.04. The van der Waals surface area contributed by atoms with Crippen LogP contribution in [-0.2, 0) is 5.41 Å². The maximum Gasteiger partial charge on any atom is 0.162 e. The van der Waals surface area contributed by atoms with Gasteiger partial charge in [-0.3, -0.25) is 9.97 Å². The molecule has 0 unspecified atom stereocenters. The van der Waals surface area contributed by atoms with E-state index in [9.17, 15) is 0 Å². The quantitative estimate of drug-likeness (QED) is 0.294. The Morgan fingerprint density at radius 1 is 0.875 bits per heavy atom. The van der Waals surface area contributed by atoms with Crippen LogP contribution >= 0.6 is 0 Å². The molecule has 0 atom stereocenters. The fraction of sp³-hybridized carbons (Fsp3) is 0.241. The molecule has 158 valence electrons.